The molecule has 1 spiro atoms. The molecule has 2 aliphatic carbocycles. The minimum Gasteiger partial charge on any atom is -0.503 e. The van der Waals surface area contributed by atoms with Crippen LogP contribution in [-0.2, 0) is 9.47 Å². The van der Waals surface area contributed by atoms with Crippen molar-refractivity contribution in [2.24, 2.45) is 17.3 Å². The Kier molecular flexibility index (Phi) is 5.31. The van der Waals surface area contributed by atoms with E-state index in [1.807, 2.05) is 0 Å². The topological polar surface area (TPSA) is 89.9 Å². The largest absolute Gasteiger partial charge is 0.503 e. The number of methoxy groups -OCH3 is 1. The molecule has 2 atom stereocenters. The van der Waals surface area contributed by atoms with E-state index >= 15 is 0 Å². The van der Waals surface area contributed by atoms with Crippen LogP contribution in [0.15, 0.2) is 23.4 Å². The van der Waals surface area contributed by atoms with Crippen LogP contribution < -0.4 is 10.1 Å². The summed E-state index contributed by atoms with van der Waals surface area (Å²) >= 11 is 0. The predicted octanol–water partition coefficient (Wildman–Crippen LogP) is 3.43. The third kappa shape index (κ3) is 3.38. The second kappa shape index (κ2) is 7.54. The maximum absolute atomic E-state index is 12.6. The Bertz CT molecular complexity index is 870. The molecule has 1 aromatic rings. The van der Waals surface area contributed by atoms with Crippen LogP contribution in [0.1, 0.15) is 57.4 Å². The molecule has 7 heteroatoms. The number of carbonyl (C=O) groups excluding carboxylic acids is 1. The van der Waals surface area contributed by atoms with Gasteiger partial charge in [-0.1, -0.05) is 31.9 Å². The van der Waals surface area contributed by atoms with E-state index < -0.39 is 11.7 Å². The quantitative estimate of drug-likeness (QED) is 0.731. The van der Waals surface area contributed by atoms with Gasteiger partial charge in [-0.05, 0) is 31.6 Å². The highest BCUT2D eigenvalue weighted by atomic mass is 16.7. The van der Waals surface area contributed by atoms with Gasteiger partial charge in [0.15, 0.2) is 23.0 Å². The van der Waals surface area contributed by atoms with Crippen molar-refractivity contribution in [3.8, 4) is 11.5 Å². The van der Waals surface area contributed by atoms with Gasteiger partial charge in [0, 0.05) is 24.1 Å². The van der Waals surface area contributed by atoms with E-state index in [4.69, 9.17) is 14.2 Å². The summed E-state index contributed by atoms with van der Waals surface area (Å²) in [6.07, 6.45) is 4.99. The average Bonchev–Trinajstić information content (AvgIpc) is 3.25. The van der Waals surface area contributed by atoms with Gasteiger partial charge in [0.05, 0.1) is 26.4 Å². The highest BCUT2D eigenvalue weighted by molar-refractivity contribution is 5.95. The number of aromatic hydroxyl groups is 1. The minimum atomic E-state index is -0.581. The van der Waals surface area contributed by atoms with E-state index in [9.17, 15) is 9.90 Å². The fourth-order valence-electron chi connectivity index (χ4n) is 5.38. The molecular formula is C23H32N2O5. The van der Waals surface area contributed by atoms with Crippen molar-refractivity contribution in [3.63, 3.8) is 0 Å². The normalized spacial score (nSPS) is 32.8. The second-order valence-electron chi connectivity index (χ2n) is 9.42. The van der Waals surface area contributed by atoms with Crippen LogP contribution in [0.4, 0.5) is 0 Å². The van der Waals surface area contributed by atoms with Gasteiger partial charge in [-0.15, -0.1) is 0 Å². The fraction of sp³-hybridized carbons (Fsp3) is 0.652. The van der Waals surface area contributed by atoms with E-state index in [0.29, 0.717) is 19.1 Å². The number of nitrogens with zero attached hydrogens (tertiary/aromatic N) is 1. The van der Waals surface area contributed by atoms with Crippen molar-refractivity contribution >= 4 is 5.91 Å². The summed E-state index contributed by atoms with van der Waals surface area (Å²) in [5.41, 5.74) is 3.06. The lowest BCUT2D eigenvalue weighted by Crippen LogP contribution is -2.49. The molecule has 1 aliphatic heterocycles. The molecule has 30 heavy (non-hydrogen) atoms. The summed E-state index contributed by atoms with van der Waals surface area (Å²) in [6.45, 7) is 9.81. The number of amides is 1. The molecule has 3 aliphatic rings. The lowest BCUT2D eigenvalue weighted by molar-refractivity contribution is -0.224. The maximum Gasteiger partial charge on any atom is 0.274 e. The van der Waals surface area contributed by atoms with Crippen LogP contribution in [0.2, 0.25) is 0 Å². The van der Waals surface area contributed by atoms with Crippen LogP contribution >= 0.6 is 0 Å². The third-order valence-corrected chi connectivity index (χ3v) is 6.99. The lowest BCUT2D eigenvalue weighted by Gasteiger charge is -2.37. The Morgan fingerprint density at radius 1 is 1.33 bits per heavy atom. The summed E-state index contributed by atoms with van der Waals surface area (Å²) in [7, 11) is 1.43. The van der Waals surface area contributed by atoms with E-state index in [-0.39, 0.29) is 34.6 Å². The molecule has 2 N–H and O–H groups in total. The zero-order valence-electron chi connectivity index (χ0n) is 18.4. The second-order valence-corrected chi connectivity index (χ2v) is 9.42. The number of hydrogen-bond donors (Lipinski definition) is 2. The standard InChI is InChI=1S/C23H32N2O5/c1-13-7-6-9-22(3,4)17(13)18-14(2)23(18)29-11-15(12-30-23)25-21(27)19-20(26)16(28-5)8-10-24-19/h8,10,14-15,18,26H,6-7,9,11-12H2,1-5H3,(H,25,27)/t14?,15-,18?,23-. The molecule has 1 aromatic heterocycles. The molecule has 2 unspecified atom stereocenters. The Morgan fingerprint density at radius 2 is 2.03 bits per heavy atom. The van der Waals surface area contributed by atoms with Gasteiger partial charge in [0.25, 0.3) is 5.91 Å². The van der Waals surface area contributed by atoms with Gasteiger partial charge < -0.3 is 24.6 Å². The minimum absolute atomic E-state index is 0.0722. The van der Waals surface area contributed by atoms with E-state index in [1.165, 1.54) is 43.4 Å². The predicted molar refractivity (Wildman–Crippen MR) is 111 cm³/mol. The van der Waals surface area contributed by atoms with Crippen LogP contribution in [0, 0.1) is 17.3 Å². The molecule has 1 amide bonds. The van der Waals surface area contributed by atoms with Gasteiger partial charge >= 0.3 is 0 Å². The van der Waals surface area contributed by atoms with Gasteiger partial charge in [-0.2, -0.15) is 0 Å². The monoisotopic (exact) mass is 416 g/mol. The number of hydrogen-bond acceptors (Lipinski definition) is 6. The Hall–Kier alpha value is -2.12. The number of rotatable bonds is 4. The Labute approximate surface area is 177 Å². The molecule has 164 valence electrons. The first kappa shape index (κ1) is 21.1. The highest BCUT2D eigenvalue weighted by Gasteiger charge is 2.69. The molecule has 7 nitrogen and oxygen atoms in total. The van der Waals surface area contributed by atoms with Crippen molar-refractivity contribution < 1.29 is 24.1 Å². The Balaban J connectivity index is 1.42. The lowest BCUT2D eigenvalue weighted by atomic mass is 9.70. The van der Waals surface area contributed by atoms with E-state index in [1.54, 1.807) is 0 Å². The van der Waals surface area contributed by atoms with Gasteiger partial charge in [-0.3, -0.25) is 4.79 Å². The van der Waals surface area contributed by atoms with Crippen LogP contribution in [0.5, 0.6) is 11.5 Å². The average molecular weight is 417 g/mol. The zero-order valence-corrected chi connectivity index (χ0v) is 18.4. The number of aromatic nitrogens is 1. The van der Waals surface area contributed by atoms with E-state index in [0.717, 1.165) is 6.42 Å². The number of carbonyl (C=O) groups is 1. The zero-order chi connectivity index (χ0) is 21.7. The molecule has 1 saturated heterocycles. The van der Waals surface area contributed by atoms with Gasteiger partial charge in [-0.25, -0.2) is 4.98 Å². The molecule has 2 fully saturated rings. The van der Waals surface area contributed by atoms with Crippen LogP contribution in [-0.4, -0.2) is 48.2 Å². The van der Waals surface area contributed by atoms with E-state index in [2.05, 4.69) is 38.0 Å². The summed E-state index contributed by atoms with van der Waals surface area (Å²) < 4.78 is 17.5. The van der Waals surface area contributed by atoms with Crippen molar-refractivity contribution in [2.45, 2.75) is 58.8 Å². The van der Waals surface area contributed by atoms with Crippen LogP contribution in [0.3, 0.4) is 0 Å². The first-order chi connectivity index (χ1) is 14.2. The summed E-state index contributed by atoms with van der Waals surface area (Å²) in [6, 6.07) is 1.19. The molecule has 0 aromatic carbocycles. The van der Waals surface area contributed by atoms with Gasteiger partial charge in [0.2, 0.25) is 0 Å². The maximum atomic E-state index is 12.6. The van der Waals surface area contributed by atoms with Crippen molar-refractivity contribution in [1.82, 2.24) is 10.3 Å². The van der Waals surface area contributed by atoms with Crippen molar-refractivity contribution in [1.29, 1.82) is 0 Å². The first-order valence-electron chi connectivity index (χ1n) is 10.7. The molecule has 0 bridgehead atoms. The molecule has 1 saturated carbocycles. The molecule has 4 rings (SSSR count). The number of ether oxygens (including phenoxy) is 3. The van der Waals surface area contributed by atoms with Crippen LogP contribution in [0.25, 0.3) is 0 Å². The van der Waals surface area contributed by atoms with Crippen molar-refractivity contribution in [2.75, 3.05) is 20.3 Å². The van der Waals surface area contributed by atoms with Crippen molar-refractivity contribution in [3.05, 3.63) is 29.1 Å². The summed E-state index contributed by atoms with van der Waals surface area (Å²) in [5, 5.41) is 13.0. The highest BCUT2D eigenvalue weighted by Crippen LogP contribution is 2.64. The fourth-order valence-corrected chi connectivity index (χ4v) is 5.38. The number of allylic oxidation sites excluding steroid dienone is 1. The number of pyridine rings is 1. The van der Waals surface area contributed by atoms with Gasteiger partial charge in [0.1, 0.15) is 0 Å². The molecule has 0 radical (unpaired) electrons. The molecule has 2 heterocycles. The number of nitrogens with one attached hydrogen (secondary N) is 1. The summed E-state index contributed by atoms with van der Waals surface area (Å²) in [5.74, 6) is -0.563. The SMILES string of the molecule is COc1ccnc(C(=O)N[C@H]2CO[C@]3(OC2)C(C)C3C2=C(C)CCCC2(C)C)c1O. The summed E-state index contributed by atoms with van der Waals surface area (Å²) in [4.78, 5) is 16.5. The smallest absolute Gasteiger partial charge is 0.274 e. The Morgan fingerprint density at radius 3 is 2.67 bits per heavy atom. The first-order valence-corrected chi connectivity index (χ1v) is 10.7. The third-order valence-electron chi connectivity index (χ3n) is 6.99. The molecular weight excluding hydrogens is 384 g/mol.